The van der Waals surface area contributed by atoms with Crippen molar-refractivity contribution < 1.29 is 13.9 Å². The number of anilines is 1. The molecule has 1 saturated carbocycles. The molecule has 6 rings (SSSR count). The van der Waals surface area contributed by atoms with Gasteiger partial charge in [0.05, 0.1) is 17.6 Å². The summed E-state index contributed by atoms with van der Waals surface area (Å²) >= 11 is 1.59. The summed E-state index contributed by atoms with van der Waals surface area (Å²) < 4.78 is 21.9. The molecular formula is C29H33N5O3S2. The number of hydrogen-bond acceptors (Lipinski definition) is 7. The lowest BCUT2D eigenvalue weighted by atomic mass is 10.0. The summed E-state index contributed by atoms with van der Waals surface area (Å²) in [4.78, 5) is 18.5. The van der Waals surface area contributed by atoms with Gasteiger partial charge in [0, 0.05) is 40.1 Å². The van der Waals surface area contributed by atoms with E-state index < -0.39 is 10.6 Å². The van der Waals surface area contributed by atoms with Gasteiger partial charge < -0.3 is 10.6 Å². The number of aromatic nitrogens is 3. The summed E-state index contributed by atoms with van der Waals surface area (Å²) in [6, 6.07) is 18.4. The van der Waals surface area contributed by atoms with E-state index in [9.17, 15) is 13.9 Å². The molecule has 1 amide bonds. The lowest BCUT2D eigenvalue weighted by Crippen LogP contribution is -2.26. The molecular weight excluding hydrogens is 530 g/mol. The monoisotopic (exact) mass is 563 g/mol. The number of carbonyl (C=O) groups is 1. The quantitative estimate of drug-likeness (QED) is 0.198. The Balaban J connectivity index is 1.31. The predicted octanol–water partition coefficient (Wildman–Crippen LogP) is 6.32. The molecule has 2 aliphatic rings. The van der Waals surface area contributed by atoms with Crippen molar-refractivity contribution in [2.24, 2.45) is 5.92 Å². The van der Waals surface area contributed by atoms with Crippen molar-refractivity contribution in [2.45, 2.75) is 48.6 Å². The number of benzene rings is 2. The van der Waals surface area contributed by atoms with Crippen LogP contribution in [-0.4, -0.2) is 53.7 Å². The van der Waals surface area contributed by atoms with E-state index in [1.54, 1.807) is 11.8 Å². The van der Waals surface area contributed by atoms with E-state index in [1.807, 2.05) is 60.1 Å². The van der Waals surface area contributed by atoms with Crippen LogP contribution in [-0.2, 0) is 0 Å². The molecule has 0 radical (unpaired) electrons. The van der Waals surface area contributed by atoms with Gasteiger partial charge in [-0.05, 0) is 74.4 Å². The Hall–Kier alpha value is -3.05. The van der Waals surface area contributed by atoms with Crippen LogP contribution < -0.4 is 10.6 Å². The largest absolute Gasteiger partial charge is 0.382 e. The molecule has 39 heavy (non-hydrogen) atoms. The molecule has 0 atom stereocenters. The zero-order chi connectivity index (χ0) is 27.0. The first-order chi connectivity index (χ1) is 18.8. The highest BCUT2D eigenvalue weighted by atomic mass is 32.3. The molecule has 0 unspecified atom stereocenters. The van der Waals surface area contributed by atoms with Crippen LogP contribution in [0, 0.1) is 12.8 Å². The van der Waals surface area contributed by atoms with Crippen LogP contribution in [0.3, 0.4) is 0 Å². The highest BCUT2D eigenvalue weighted by Crippen LogP contribution is 2.45. The van der Waals surface area contributed by atoms with Crippen LogP contribution in [0.4, 0.5) is 5.69 Å². The second-order valence-electron chi connectivity index (χ2n) is 10.5. The molecule has 3 heterocycles. The third kappa shape index (κ3) is 6.09. The number of fused-ring (bicyclic) bond motifs is 1. The number of rotatable bonds is 8. The minimum absolute atomic E-state index is 0.0187. The molecule has 1 aliphatic carbocycles. The fraction of sp³-hybridized carbons (Fsp3) is 0.345. The second-order valence-corrected chi connectivity index (χ2v) is 14.0. The first-order valence-electron chi connectivity index (χ1n) is 13.4. The number of amides is 1. The Labute approximate surface area is 234 Å². The van der Waals surface area contributed by atoms with Crippen LogP contribution in [0.15, 0.2) is 70.7 Å². The molecule has 1 aliphatic heterocycles. The number of nitrogens with zero attached hydrogens (tertiary/aromatic N) is 3. The zero-order valence-electron chi connectivity index (χ0n) is 21.8. The van der Waals surface area contributed by atoms with Crippen LogP contribution >= 0.6 is 22.4 Å². The van der Waals surface area contributed by atoms with E-state index in [-0.39, 0.29) is 5.91 Å². The molecule has 8 nitrogen and oxygen atoms in total. The number of nitrogens with one attached hydrogen (secondary N) is 2. The molecule has 204 valence electrons. The van der Waals surface area contributed by atoms with Gasteiger partial charge in [-0.25, -0.2) is 9.50 Å². The van der Waals surface area contributed by atoms with Gasteiger partial charge in [0.25, 0.3) is 5.91 Å². The Morgan fingerprint density at radius 3 is 2.56 bits per heavy atom. The maximum Gasteiger partial charge on any atom is 0.251 e. The minimum Gasteiger partial charge on any atom is -0.382 e. The van der Waals surface area contributed by atoms with Gasteiger partial charge in [-0.2, -0.15) is 15.7 Å². The molecule has 0 bridgehead atoms. The van der Waals surface area contributed by atoms with E-state index in [4.69, 9.17) is 10.1 Å². The number of carbonyl (C=O) groups excluding carboxylic acids is 1. The highest BCUT2D eigenvalue weighted by Gasteiger charge is 2.26. The van der Waals surface area contributed by atoms with Gasteiger partial charge in [0.2, 0.25) is 0 Å². The number of aryl methyl sites for hydroxylation is 1. The number of imidazole rings is 1. The normalized spacial score (nSPS) is 18.1. The van der Waals surface area contributed by atoms with Crippen molar-refractivity contribution >= 4 is 39.6 Å². The van der Waals surface area contributed by atoms with Gasteiger partial charge in [0.1, 0.15) is 5.03 Å². The van der Waals surface area contributed by atoms with E-state index in [0.29, 0.717) is 29.0 Å². The maximum absolute atomic E-state index is 12.6. The van der Waals surface area contributed by atoms with E-state index in [2.05, 4.69) is 22.8 Å². The molecule has 1 saturated heterocycles. The van der Waals surface area contributed by atoms with Crippen LogP contribution in [0.25, 0.3) is 16.9 Å². The molecule has 2 aromatic heterocycles. The summed E-state index contributed by atoms with van der Waals surface area (Å²) in [5, 5.41) is 12.5. The van der Waals surface area contributed by atoms with Gasteiger partial charge in [-0.15, -0.1) is 0 Å². The van der Waals surface area contributed by atoms with Crippen LogP contribution in [0.2, 0.25) is 0 Å². The van der Waals surface area contributed by atoms with Crippen molar-refractivity contribution in [3.8, 4) is 11.3 Å². The zero-order valence-corrected chi connectivity index (χ0v) is 23.5. The van der Waals surface area contributed by atoms with Crippen molar-refractivity contribution in [3.63, 3.8) is 0 Å². The third-order valence-corrected chi connectivity index (χ3v) is 10.1. The maximum atomic E-state index is 12.6. The standard InChI is InChI=1S/C29H33N5O3S2/c1-19-15-21(7-10-24(19)29(35)32-22-8-9-22)26-18-31-28-25(30-17-20-11-13-39(36,37)14-12-20)16-27(33-34(26)28)38-23-5-3-2-4-6-23/h2-7,10,15-16,18,20,22,30,36-37H,8-9,11-14,17H2,1H3,(H,32,35). The molecule has 2 fully saturated rings. The summed E-state index contributed by atoms with van der Waals surface area (Å²) in [5.41, 5.74) is 5.03. The molecule has 10 heteroatoms. The van der Waals surface area contributed by atoms with Gasteiger partial charge >= 0.3 is 0 Å². The van der Waals surface area contributed by atoms with E-state index in [1.165, 1.54) is 0 Å². The molecule has 4 N–H and O–H groups in total. The highest BCUT2D eigenvalue weighted by molar-refractivity contribution is 8.24. The van der Waals surface area contributed by atoms with Crippen molar-refractivity contribution in [1.29, 1.82) is 0 Å². The third-order valence-electron chi connectivity index (χ3n) is 7.38. The minimum atomic E-state index is -2.40. The first-order valence-corrected chi connectivity index (χ1v) is 16.1. The van der Waals surface area contributed by atoms with Crippen LogP contribution in [0.5, 0.6) is 0 Å². The smallest absolute Gasteiger partial charge is 0.251 e. The van der Waals surface area contributed by atoms with Gasteiger partial charge in [-0.3, -0.25) is 13.9 Å². The lowest BCUT2D eigenvalue weighted by molar-refractivity contribution is 0.0950. The van der Waals surface area contributed by atoms with Gasteiger partial charge in [0.15, 0.2) is 5.65 Å². The van der Waals surface area contributed by atoms with Crippen LogP contribution in [0.1, 0.15) is 41.6 Å². The number of hydrogen-bond donors (Lipinski definition) is 4. The molecule has 2 aromatic carbocycles. The first kappa shape index (κ1) is 26.2. The fourth-order valence-corrected chi connectivity index (χ4v) is 7.38. The summed E-state index contributed by atoms with van der Waals surface area (Å²) in [6.45, 7) is 2.70. The van der Waals surface area contributed by atoms with E-state index >= 15 is 0 Å². The Bertz CT molecular complexity index is 1490. The Morgan fingerprint density at radius 2 is 1.85 bits per heavy atom. The van der Waals surface area contributed by atoms with Crippen molar-refractivity contribution in [2.75, 3.05) is 23.4 Å². The Kier molecular flexibility index (Phi) is 7.28. The molecule has 4 aromatic rings. The Morgan fingerprint density at radius 1 is 1.08 bits per heavy atom. The summed E-state index contributed by atoms with van der Waals surface area (Å²) in [6.07, 6.45) is 5.53. The SMILES string of the molecule is Cc1cc(-c2cnc3c(NCC4CCS(O)(O)CC4)cc(Sc4ccccc4)nn23)ccc1C(=O)NC1CC1. The van der Waals surface area contributed by atoms with E-state index in [0.717, 1.165) is 70.3 Å². The lowest BCUT2D eigenvalue weighted by Gasteiger charge is -2.39. The predicted molar refractivity (Wildman–Crippen MR) is 158 cm³/mol. The van der Waals surface area contributed by atoms with Crippen molar-refractivity contribution in [3.05, 3.63) is 71.9 Å². The second kappa shape index (κ2) is 10.8. The molecule has 0 spiro atoms. The summed E-state index contributed by atoms with van der Waals surface area (Å²) in [5.74, 6) is 1.30. The summed E-state index contributed by atoms with van der Waals surface area (Å²) in [7, 11) is -2.40. The topological polar surface area (TPSA) is 112 Å². The average molecular weight is 564 g/mol. The van der Waals surface area contributed by atoms with Gasteiger partial charge in [-0.1, -0.05) is 36.0 Å². The van der Waals surface area contributed by atoms with Crippen molar-refractivity contribution in [1.82, 2.24) is 19.9 Å². The fourth-order valence-electron chi connectivity index (χ4n) is 4.92. The average Bonchev–Trinajstić information content (AvgIpc) is 3.63.